The van der Waals surface area contributed by atoms with E-state index in [0.717, 1.165) is 0 Å². The third-order valence-electron chi connectivity index (χ3n) is 10.7. The summed E-state index contributed by atoms with van der Waals surface area (Å²) in [6, 6.07) is 28.5. The first-order chi connectivity index (χ1) is 20.4. The van der Waals surface area contributed by atoms with Crippen LogP contribution >= 0.6 is 17.0 Å². The van der Waals surface area contributed by atoms with Gasteiger partial charge in [0.05, 0.1) is 0 Å². The number of halogens is 2. The number of hydrogen-bond donors (Lipinski definition) is 0. The Kier molecular flexibility index (Phi) is 8.04. The molecule has 0 nitrogen and oxygen atoms in total. The summed E-state index contributed by atoms with van der Waals surface area (Å²) >= 11 is -4.83. The second-order valence-corrected chi connectivity index (χ2v) is 56.1. The van der Waals surface area contributed by atoms with Gasteiger partial charge in [-0.25, -0.2) is 0 Å². The molecule has 4 heteroatoms. The van der Waals surface area contributed by atoms with Gasteiger partial charge in [-0.05, 0) is 0 Å². The van der Waals surface area contributed by atoms with Crippen molar-refractivity contribution in [2.45, 2.75) is 61.9 Å². The average molecular weight is 702 g/mol. The molecule has 0 N–H and O–H groups in total. The molecule has 2 unspecified atom stereocenters. The summed E-state index contributed by atoms with van der Waals surface area (Å²) in [6.45, 7) is 18.8. The first-order valence-electron chi connectivity index (χ1n) is 15.7. The molecule has 4 aromatic carbocycles. The van der Waals surface area contributed by atoms with E-state index in [0.29, 0.717) is 5.92 Å². The van der Waals surface area contributed by atoms with Crippen molar-refractivity contribution >= 4 is 35.1 Å². The zero-order valence-corrected chi connectivity index (χ0v) is 31.9. The SMILES string of the molecule is CC1=Cc2c(-c3ccccc3)c(C)c(C)c(C)c2[CH]1[Zr]([Cl])([Cl])([CH]1C(C(C)C)=Cc2c(-c3ccccc3)cccc21)[SiH](C)C. The molecule has 0 spiro atoms. The zero-order chi connectivity index (χ0) is 30.9. The Bertz CT molecular complexity index is 1800. The fourth-order valence-electron chi connectivity index (χ4n) is 8.20. The van der Waals surface area contributed by atoms with Crippen LogP contribution in [0.2, 0.25) is 13.1 Å². The molecule has 43 heavy (non-hydrogen) atoms. The molecule has 0 saturated heterocycles. The van der Waals surface area contributed by atoms with Crippen LogP contribution in [0.5, 0.6) is 0 Å². The quantitative estimate of drug-likeness (QED) is 0.176. The van der Waals surface area contributed by atoms with E-state index in [1.54, 1.807) is 0 Å². The van der Waals surface area contributed by atoms with Crippen LogP contribution in [0.3, 0.4) is 0 Å². The van der Waals surface area contributed by atoms with Crippen LogP contribution in [0.4, 0.5) is 0 Å². The average Bonchev–Trinajstić information content (AvgIpc) is 3.57. The summed E-state index contributed by atoms with van der Waals surface area (Å²) in [6.07, 6.45) is 4.92. The third kappa shape index (κ3) is 4.62. The topological polar surface area (TPSA) is 0 Å². The summed E-state index contributed by atoms with van der Waals surface area (Å²) in [5.41, 5.74) is 17.4. The molecule has 2 aliphatic carbocycles. The number of fused-ring (bicyclic) bond motifs is 2. The second kappa shape index (κ2) is 11.1. The van der Waals surface area contributed by atoms with Crippen LogP contribution in [0, 0.1) is 26.7 Å². The summed E-state index contributed by atoms with van der Waals surface area (Å²) in [4.78, 5) is 0. The zero-order valence-electron chi connectivity index (χ0n) is 26.7. The number of benzene rings is 4. The van der Waals surface area contributed by atoms with Crippen LogP contribution < -0.4 is 0 Å². The molecule has 2 atom stereocenters. The van der Waals surface area contributed by atoms with Crippen LogP contribution in [0.1, 0.15) is 67.0 Å². The number of rotatable bonds is 6. The predicted octanol–water partition coefficient (Wildman–Crippen LogP) is 12.2. The minimum atomic E-state index is -4.83. The molecule has 6 rings (SSSR count). The number of hydrogen-bond acceptors (Lipinski definition) is 0. The summed E-state index contributed by atoms with van der Waals surface area (Å²) in [5, 5.41) is 0. The van der Waals surface area contributed by atoms with Gasteiger partial charge in [-0.1, -0.05) is 0 Å². The molecule has 0 saturated carbocycles. The van der Waals surface area contributed by atoms with Crippen LogP contribution in [-0.4, -0.2) is 5.92 Å². The van der Waals surface area contributed by atoms with Crippen molar-refractivity contribution in [1.29, 1.82) is 0 Å². The van der Waals surface area contributed by atoms with E-state index in [4.69, 9.17) is 17.0 Å². The molecular formula is C39H43Cl2SiZr. The van der Waals surface area contributed by atoms with Crippen molar-refractivity contribution in [2.75, 3.05) is 0 Å². The molecule has 0 aromatic heterocycles. The van der Waals surface area contributed by atoms with Crippen LogP contribution in [-0.2, 0) is 15.6 Å². The second-order valence-electron chi connectivity index (χ2n) is 13.6. The van der Waals surface area contributed by atoms with E-state index in [1.165, 1.54) is 72.3 Å². The first kappa shape index (κ1) is 31.0. The van der Waals surface area contributed by atoms with E-state index in [-0.39, 0.29) is 7.25 Å². The van der Waals surface area contributed by atoms with E-state index < -0.39 is 21.5 Å². The molecule has 0 bridgehead atoms. The fourth-order valence-corrected chi connectivity index (χ4v) is 40.4. The van der Waals surface area contributed by atoms with Crippen LogP contribution in [0.15, 0.2) is 90.0 Å². The van der Waals surface area contributed by atoms with E-state index in [9.17, 15) is 0 Å². The molecule has 221 valence electrons. The van der Waals surface area contributed by atoms with Gasteiger partial charge in [0.1, 0.15) is 0 Å². The van der Waals surface area contributed by atoms with E-state index in [1.807, 2.05) is 0 Å². The monoisotopic (exact) mass is 699 g/mol. The van der Waals surface area contributed by atoms with Gasteiger partial charge in [0.25, 0.3) is 0 Å². The molecular weight excluding hydrogens is 659 g/mol. The van der Waals surface area contributed by atoms with Crippen molar-refractivity contribution in [3.05, 3.63) is 129 Å². The van der Waals surface area contributed by atoms with Crippen molar-refractivity contribution < 1.29 is 15.6 Å². The van der Waals surface area contributed by atoms with Gasteiger partial charge in [0, 0.05) is 0 Å². The predicted molar refractivity (Wildman–Crippen MR) is 190 cm³/mol. The Morgan fingerprint density at radius 3 is 1.84 bits per heavy atom. The Morgan fingerprint density at radius 2 is 1.26 bits per heavy atom. The molecule has 2 aliphatic rings. The van der Waals surface area contributed by atoms with E-state index in [2.05, 4.69) is 146 Å². The van der Waals surface area contributed by atoms with Gasteiger partial charge in [-0.3, -0.25) is 0 Å². The number of allylic oxidation sites excluding steroid dienone is 2. The normalized spacial score (nSPS) is 18.7. The van der Waals surface area contributed by atoms with Gasteiger partial charge in [0.2, 0.25) is 0 Å². The molecule has 0 heterocycles. The van der Waals surface area contributed by atoms with Gasteiger partial charge >= 0.3 is 270 Å². The maximum absolute atomic E-state index is 8.65. The van der Waals surface area contributed by atoms with Crippen molar-refractivity contribution in [3.63, 3.8) is 0 Å². The summed E-state index contributed by atoms with van der Waals surface area (Å²) < 4.78 is 0.183. The standard InChI is InChI=1S/C19H19.C18H17.C2H7Si.2ClH.Zr/c1-12-10-17-14(3)13(2)15(4)19(18(17)11-12)16-8-6-5-7-9-16;1-13(2)16-11-15-9-6-10-17(18(15)12-16)14-7-4-3-5-8-14;1-3-2;;;/h5-11H,1-4H3;3-13H,1-2H3;3H,1-2H3;2*1H;/q;;;;;+2/p-2. The maximum atomic E-state index is 8.65. The summed E-state index contributed by atoms with van der Waals surface area (Å²) in [7, 11) is 17.3. The Morgan fingerprint density at radius 1 is 0.651 bits per heavy atom. The van der Waals surface area contributed by atoms with Crippen LogP contribution in [0.25, 0.3) is 34.4 Å². The van der Waals surface area contributed by atoms with E-state index >= 15 is 0 Å². The van der Waals surface area contributed by atoms with Gasteiger partial charge in [-0.2, -0.15) is 0 Å². The third-order valence-corrected chi connectivity index (χ3v) is 62.6. The Hall–Kier alpha value is -1.96. The van der Waals surface area contributed by atoms with Crippen molar-refractivity contribution in [3.8, 4) is 22.3 Å². The molecule has 0 aliphatic heterocycles. The summed E-state index contributed by atoms with van der Waals surface area (Å²) in [5.74, 6) is -1.27. The molecule has 4 aromatic rings. The minimum absolute atomic E-state index is 0.0895. The van der Waals surface area contributed by atoms with Gasteiger partial charge < -0.3 is 0 Å². The van der Waals surface area contributed by atoms with Gasteiger partial charge in [-0.15, -0.1) is 0 Å². The first-order valence-corrected chi connectivity index (χ1v) is 32.0. The van der Waals surface area contributed by atoms with Crippen molar-refractivity contribution in [2.24, 2.45) is 5.92 Å². The molecule has 0 amide bonds. The Balaban J connectivity index is 1.65. The van der Waals surface area contributed by atoms with Gasteiger partial charge in [0.15, 0.2) is 0 Å². The molecule has 0 fully saturated rings. The molecule has 0 radical (unpaired) electrons. The van der Waals surface area contributed by atoms with Crippen molar-refractivity contribution in [1.82, 2.24) is 0 Å². The Labute approximate surface area is 267 Å². The fraction of sp³-hybridized carbons (Fsp3) is 0.282.